The van der Waals surface area contributed by atoms with Gasteiger partial charge in [0.25, 0.3) is 0 Å². The first-order valence-electron chi connectivity index (χ1n) is 4.38. The predicted molar refractivity (Wildman–Crippen MR) is 47.5 cm³/mol. The van der Waals surface area contributed by atoms with Crippen LogP contribution < -0.4 is 0 Å². The van der Waals surface area contributed by atoms with E-state index >= 15 is 0 Å². The lowest BCUT2D eigenvalue weighted by Crippen LogP contribution is -2.19. The van der Waals surface area contributed by atoms with Crippen LogP contribution in [0.25, 0.3) is 0 Å². The number of hydrogen-bond acceptors (Lipinski definition) is 3. The number of fused-ring (bicyclic) bond motifs is 1. The van der Waals surface area contributed by atoms with Gasteiger partial charge in [-0.1, -0.05) is 16.9 Å². The average Bonchev–Trinajstić information content (AvgIpc) is 2.46. The Morgan fingerprint density at radius 2 is 2.50 bits per heavy atom. The highest BCUT2D eigenvalue weighted by Gasteiger charge is 2.25. The first-order chi connectivity index (χ1) is 5.81. The van der Waals surface area contributed by atoms with Gasteiger partial charge in [-0.05, 0) is 26.3 Å². The monoisotopic (exact) mass is 163 g/mol. The van der Waals surface area contributed by atoms with Crippen LogP contribution in [0, 0.1) is 0 Å². The van der Waals surface area contributed by atoms with E-state index in [0.717, 1.165) is 13.0 Å². The van der Waals surface area contributed by atoms with Crippen molar-refractivity contribution < 1.29 is 0 Å². The molecule has 0 N–H and O–H groups in total. The van der Waals surface area contributed by atoms with E-state index in [2.05, 4.69) is 36.3 Å². The van der Waals surface area contributed by atoms with Crippen LogP contribution in [0.1, 0.15) is 20.3 Å². The lowest BCUT2D eigenvalue weighted by Gasteiger charge is -2.18. The summed E-state index contributed by atoms with van der Waals surface area (Å²) in [5, 5.41) is 10.2. The second-order valence-corrected chi connectivity index (χ2v) is 3.19. The highest BCUT2D eigenvalue weighted by Crippen LogP contribution is 2.28. The average molecular weight is 163 g/mol. The van der Waals surface area contributed by atoms with E-state index < -0.39 is 0 Å². The molecule has 0 aromatic carbocycles. The number of rotatable bonds is 1. The highest BCUT2D eigenvalue weighted by molar-refractivity contribution is 5.30. The minimum Gasteiger partial charge on any atom is -0.249 e. The second-order valence-electron chi connectivity index (χ2n) is 3.19. The van der Waals surface area contributed by atoms with Gasteiger partial charge in [0.05, 0.1) is 5.70 Å². The van der Waals surface area contributed by atoms with Gasteiger partial charge in [-0.25, -0.2) is 5.01 Å². The second kappa shape index (κ2) is 2.73. The van der Waals surface area contributed by atoms with Gasteiger partial charge in [0.15, 0.2) is 0 Å². The molecule has 0 amide bonds. The van der Waals surface area contributed by atoms with Gasteiger partial charge in [-0.3, -0.25) is 0 Å². The molecule has 1 aliphatic heterocycles. The fourth-order valence-corrected chi connectivity index (χ4v) is 1.58. The maximum Gasteiger partial charge on any atom is 0.118 e. The van der Waals surface area contributed by atoms with Gasteiger partial charge in [0.1, 0.15) is 6.04 Å². The standard InChI is InChI=1S/C9H13N3/c1-3-12-9-6-7(2)4-5-8(9)10-11-12/h4,6,8H,3,5H2,1-2H3. The summed E-state index contributed by atoms with van der Waals surface area (Å²) in [6.07, 6.45) is 5.40. The van der Waals surface area contributed by atoms with Crippen molar-refractivity contribution in [1.82, 2.24) is 5.01 Å². The molecule has 1 unspecified atom stereocenters. The van der Waals surface area contributed by atoms with Crippen molar-refractivity contribution in [2.75, 3.05) is 6.54 Å². The fraction of sp³-hybridized carbons (Fsp3) is 0.556. The molecule has 1 atom stereocenters. The molecule has 0 radical (unpaired) electrons. The molecule has 0 saturated heterocycles. The molecule has 0 spiro atoms. The third-order valence-electron chi connectivity index (χ3n) is 2.28. The van der Waals surface area contributed by atoms with Crippen LogP contribution in [0.2, 0.25) is 0 Å². The van der Waals surface area contributed by atoms with Crippen molar-refractivity contribution in [2.45, 2.75) is 26.3 Å². The maximum absolute atomic E-state index is 4.18. The Morgan fingerprint density at radius 1 is 1.67 bits per heavy atom. The van der Waals surface area contributed by atoms with Crippen LogP contribution in [-0.2, 0) is 0 Å². The third kappa shape index (κ3) is 1.05. The van der Waals surface area contributed by atoms with E-state index in [1.54, 1.807) is 0 Å². The summed E-state index contributed by atoms with van der Waals surface area (Å²) >= 11 is 0. The Bertz CT molecular complexity index is 275. The van der Waals surface area contributed by atoms with Crippen molar-refractivity contribution in [3.8, 4) is 0 Å². The Kier molecular flexibility index (Phi) is 1.71. The number of likely N-dealkylation sites (N-methyl/N-ethyl adjacent to an activating group) is 1. The molecular formula is C9H13N3. The molecule has 2 aliphatic rings. The Morgan fingerprint density at radius 3 is 3.25 bits per heavy atom. The molecule has 3 nitrogen and oxygen atoms in total. The number of nitrogens with zero attached hydrogens (tertiary/aromatic N) is 3. The molecule has 12 heavy (non-hydrogen) atoms. The summed E-state index contributed by atoms with van der Waals surface area (Å²) in [6.45, 7) is 5.13. The number of hydrogen-bond donors (Lipinski definition) is 0. The molecule has 0 aromatic rings. The van der Waals surface area contributed by atoms with Crippen LogP contribution in [0.15, 0.2) is 33.8 Å². The molecule has 3 heteroatoms. The smallest absolute Gasteiger partial charge is 0.118 e. The highest BCUT2D eigenvalue weighted by atomic mass is 15.6. The van der Waals surface area contributed by atoms with Gasteiger partial charge < -0.3 is 0 Å². The normalized spacial score (nSPS) is 26.8. The first-order valence-corrected chi connectivity index (χ1v) is 4.38. The summed E-state index contributed by atoms with van der Waals surface area (Å²) in [5.74, 6) is 0. The van der Waals surface area contributed by atoms with Crippen molar-refractivity contribution >= 4 is 0 Å². The summed E-state index contributed by atoms with van der Waals surface area (Å²) < 4.78 is 0. The molecule has 1 heterocycles. The van der Waals surface area contributed by atoms with Crippen molar-refractivity contribution in [2.24, 2.45) is 10.3 Å². The van der Waals surface area contributed by atoms with Crippen LogP contribution in [-0.4, -0.2) is 17.6 Å². The predicted octanol–water partition coefficient (Wildman–Crippen LogP) is 2.29. The van der Waals surface area contributed by atoms with Crippen LogP contribution >= 0.6 is 0 Å². The zero-order valence-corrected chi connectivity index (χ0v) is 7.49. The van der Waals surface area contributed by atoms with E-state index in [9.17, 15) is 0 Å². The quantitative estimate of drug-likeness (QED) is 0.583. The fourth-order valence-electron chi connectivity index (χ4n) is 1.58. The molecule has 2 rings (SSSR count). The van der Waals surface area contributed by atoms with E-state index in [0.29, 0.717) is 6.04 Å². The topological polar surface area (TPSA) is 28.0 Å². The first kappa shape index (κ1) is 7.53. The summed E-state index contributed by atoms with van der Waals surface area (Å²) in [6, 6.07) is 0.300. The van der Waals surface area contributed by atoms with Gasteiger partial charge in [-0.2, -0.15) is 5.11 Å². The van der Waals surface area contributed by atoms with E-state index in [-0.39, 0.29) is 0 Å². The molecule has 64 valence electrons. The van der Waals surface area contributed by atoms with E-state index in [1.807, 2.05) is 5.01 Å². The summed E-state index contributed by atoms with van der Waals surface area (Å²) in [4.78, 5) is 0. The Balaban J connectivity index is 2.27. The van der Waals surface area contributed by atoms with Crippen LogP contribution in [0.3, 0.4) is 0 Å². The molecular weight excluding hydrogens is 150 g/mol. The molecule has 1 aliphatic carbocycles. The van der Waals surface area contributed by atoms with Gasteiger partial charge >= 0.3 is 0 Å². The maximum atomic E-state index is 4.18. The largest absolute Gasteiger partial charge is 0.249 e. The third-order valence-corrected chi connectivity index (χ3v) is 2.28. The van der Waals surface area contributed by atoms with Gasteiger partial charge in [-0.15, -0.1) is 0 Å². The molecule has 0 fully saturated rings. The zero-order chi connectivity index (χ0) is 8.55. The summed E-state index contributed by atoms with van der Waals surface area (Å²) in [7, 11) is 0. The van der Waals surface area contributed by atoms with E-state index in [1.165, 1.54) is 11.3 Å². The minimum atomic E-state index is 0.300. The van der Waals surface area contributed by atoms with Crippen molar-refractivity contribution in [3.05, 3.63) is 23.4 Å². The Labute approximate surface area is 72.4 Å². The summed E-state index contributed by atoms with van der Waals surface area (Å²) in [5.41, 5.74) is 2.59. The van der Waals surface area contributed by atoms with Crippen molar-refractivity contribution in [3.63, 3.8) is 0 Å². The van der Waals surface area contributed by atoms with Crippen molar-refractivity contribution in [1.29, 1.82) is 0 Å². The molecule has 0 bridgehead atoms. The number of allylic oxidation sites excluding steroid dienone is 2. The Hall–Kier alpha value is -1.12. The zero-order valence-electron chi connectivity index (χ0n) is 7.49. The molecule has 0 saturated carbocycles. The SMILES string of the molecule is CCN1N=NC2CC=C(C)C=C21. The minimum absolute atomic E-state index is 0.300. The van der Waals surface area contributed by atoms with Crippen LogP contribution in [0.4, 0.5) is 0 Å². The van der Waals surface area contributed by atoms with E-state index in [4.69, 9.17) is 0 Å². The van der Waals surface area contributed by atoms with Crippen LogP contribution in [0.5, 0.6) is 0 Å². The lowest BCUT2D eigenvalue weighted by molar-refractivity contribution is 0.388. The van der Waals surface area contributed by atoms with Gasteiger partial charge in [0.2, 0.25) is 0 Å². The lowest BCUT2D eigenvalue weighted by atomic mass is 10.0. The van der Waals surface area contributed by atoms with Gasteiger partial charge in [0, 0.05) is 6.54 Å². The molecule has 0 aromatic heterocycles.